The van der Waals surface area contributed by atoms with Crippen molar-refractivity contribution in [1.29, 1.82) is 0 Å². The van der Waals surface area contributed by atoms with Gasteiger partial charge in [0.05, 0.1) is 7.11 Å². The van der Waals surface area contributed by atoms with Gasteiger partial charge in [-0.25, -0.2) is 0 Å². The van der Waals surface area contributed by atoms with Crippen molar-refractivity contribution >= 4 is 5.97 Å². The molecule has 2 rings (SSSR count). The Hall–Kier alpha value is -2.33. The Balaban J connectivity index is 2.08. The van der Waals surface area contributed by atoms with E-state index in [0.29, 0.717) is 12.8 Å². The van der Waals surface area contributed by atoms with E-state index in [2.05, 4.69) is 4.74 Å². The highest BCUT2D eigenvalue weighted by Gasteiger charge is 2.07. The van der Waals surface area contributed by atoms with Crippen LogP contribution in [0.1, 0.15) is 36.1 Å². The SMILES string of the molecule is COC(=O)CCc1ccc(Oc2cccc([C@@H](C)N)c2)cc1C. The smallest absolute Gasteiger partial charge is 0.305 e. The van der Waals surface area contributed by atoms with Crippen LogP contribution in [-0.2, 0) is 16.0 Å². The molecule has 0 heterocycles. The molecule has 0 saturated heterocycles. The molecule has 0 radical (unpaired) electrons. The first-order valence-electron chi connectivity index (χ1n) is 7.69. The number of methoxy groups -OCH3 is 1. The van der Waals surface area contributed by atoms with Crippen LogP contribution in [-0.4, -0.2) is 13.1 Å². The number of esters is 1. The highest BCUT2D eigenvalue weighted by Crippen LogP contribution is 2.26. The van der Waals surface area contributed by atoms with Gasteiger partial charge in [0.1, 0.15) is 11.5 Å². The van der Waals surface area contributed by atoms with Crippen LogP contribution in [0.5, 0.6) is 11.5 Å². The molecule has 0 aromatic heterocycles. The summed E-state index contributed by atoms with van der Waals surface area (Å²) in [5.41, 5.74) is 9.14. The zero-order valence-electron chi connectivity index (χ0n) is 13.8. The van der Waals surface area contributed by atoms with Gasteiger partial charge in [-0.2, -0.15) is 0 Å². The molecule has 0 bridgehead atoms. The van der Waals surface area contributed by atoms with Crippen molar-refractivity contribution in [3.8, 4) is 11.5 Å². The summed E-state index contributed by atoms with van der Waals surface area (Å²) in [6.45, 7) is 3.96. The van der Waals surface area contributed by atoms with Gasteiger partial charge in [0.2, 0.25) is 0 Å². The average molecular weight is 313 g/mol. The predicted molar refractivity (Wildman–Crippen MR) is 90.6 cm³/mol. The first-order chi connectivity index (χ1) is 11.0. The molecule has 0 fully saturated rings. The fraction of sp³-hybridized carbons (Fsp3) is 0.316. The van der Waals surface area contributed by atoms with Crippen molar-refractivity contribution in [1.82, 2.24) is 0 Å². The first-order valence-corrected chi connectivity index (χ1v) is 7.69. The third-order valence-electron chi connectivity index (χ3n) is 3.76. The topological polar surface area (TPSA) is 61.5 Å². The Bertz CT molecular complexity index is 680. The van der Waals surface area contributed by atoms with Crippen LogP contribution in [0.4, 0.5) is 0 Å². The van der Waals surface area contributed by atoms with Crippen LogP contribution in [0.3, 0.4) is 0 Å². The molecule has 0 saturated carbocycles. The Labute approximate surface area is 137 Å². The number of benzene rings is 2. The largest absolute Gasteiger partial charge is 0.469 e. The van der Waals surface area contributed by atoms with Crippen molar-refractivity contribution in [3.05, 3.63) is 59.2 Å². The number of hydrogen-bond donors (Lipinski definition) is 1. The molecular formula is C19H23NO3. The van der Waals surface area contributed by atoms with Gasteiger partial charge in [-0.05, 0) is 61.2 Å². The lowest BCUT2D eigenvalue weighted by molar-refractivity contribution is -0.140. The van der Waals surface area contributed by atoms with Gasteiger partial charge in [0, 0.05) is 12.5 Å². The molecular weight excluding hydrogens is 290 g/mol. The standard InChI is InChI=1S/C19H23NO3/c1-13-11-18(9-7-15(13)8-10-19(21)22-3)23-17-6-4-5-16(12-17)14(2)20/h4-7,9,11-12,14H,8,10,20H2,1-3H3/t14-/m1/s1. The number of nitrogens with two attached hydrogens (primary N) is 1. The molecule has 4 nitrogen and oxygen atoms in total. The van der Waals surface area contributed by atoms with Crippen LogP contribution in [0.2, 0.25) is 0 Å². The van der Waals surface area contributed by atoms with Gasteiger partial charge >= 0.3 is 5.97 Å². The number of aryl methyl sites for hydroxylation is 2. The lowest BCUT2D eigenvalue weighted by atomic mass is 10.0. The summed E-state index contributed by atoms with van der Waals surface area (Å²) in [4.78, 5) is 11.2. The minimum atomic E-state index is -0.197. The molecule has 0 spiro atoms. The summed E-state index contributed by atoms with van der Waals surface area (Å²) in [6.07, 6.45) is 1.05. The van der Waals surface area contributed by atoms with Crippen LogP contribution in [0.25, 0.3) is 0 Å². The van der Waals surface area contributed by atoms with E-state index in [-0.39, 0.29) is 12.0 Å². The number of carbonyl (C=O) groups is 1. The summed E-state index contributed by atoms with van der Waals surface area (Å²) in [5.74, 6) is 1.34. The third-order valence-corrected chi connectivity index (χ3v) is 3.76. The van der Waals surface area contributed by atoms with E-state index >= 15 is 0 Å². The maximum absolute atomic E-state index is 11.2. The van der Waals surface area contributed by atoms with Crippen molar-refractivity contribution in [2.75, 3.05) is 7.11 Å². The van der Waals surface area contributed by atoms with E-state index in [0.717, 1.165) is 28.2 Å². The van der Waals surface area contributed by atoms with Crippen molar-refractivity contribution in [3.63, 3.8) is 0 Å². The van der Waals surface area contributed by atoms with Gasteiger partial charge in [0.25, 0.3) is 0 Å². The molecule has 4 heteroatoms. The molecule has 2 aromatic rings. The van der Waals surface area contributed by atoms with E-state index in [1.807, 2.05) is 56.3 Å². The fourth-order valence-corrected chi connectivity index (χ4v) is 2.35. The number of hydrogen-bond acceptors (Lipinski definition) is 4. The highest BCUT2D eigenvalue weighted by molar-refractivity contribution is 5.69. The Morgan fingerprint density at radius 1 is 1.17 bits per heavy atom. The van der Waals surface area contributed by atoms with E-state index in [1.54, 1.807) is 0 Å². The number of ether oxygens (including phenoxy) is 2. The Morgan fingerprint density at radius 3 is 2.57 bits per heavy atom. The molecule has 0 aliphatic carbocycles. The third kappa shape index (κ3) is 4.83. The van der Waals surface area contributed by atoms with Crippen molar-refractivity contribution < 1.29 is 14.3 Å². The normalized spacial score (nSPS) is 11.8. The van der Waals surface area contributed by atoms with Gasteiger partial charge < -0.3 is 15.2 Å². The molecule has 0 unspecified atom stereocenters. The maximum Gasteiger partial charge on any atom is 0.305 e. The zero-order chi connectivity index (χ0) is 16.8. The second-order valence-corrected chi connectivity index (χ2v) is 5.63. The molecule has 1 atom stereocenters. The van der Waals surface area contributed by atoms with Crippen molar-refractivity contribution in [2.45, 2.75) is 32.7 Å². The average Bonchev–Trinajstić information content (AvgIpc) is 2.54. The first kappa shape index (κ1) is 17.0. The molecule has 0 amide bonds. The summed E-state index contributed by atoms with van der Waals surface area (Å²) >= 11 is 0. The summed E-state index contributed by atoms with van der Waals surface area (Å²) in [6, 6.07) is 13.6. The van der Waals surface area contributed by atoms with E-state index in [1.165, 1.54) is 7.11 Å². The minimum absolute atomic E-state index is 0.0269. The molecule has 23 heavy (non-hydrogen) atoms. The molecule has 0 aliphatic rings. The van der Waals surface area contributed by atoms with Crippen molar-refractivity contribution in [2.24, 2.45) is 5.73 Å². The van der Waals surface area contributed by atoms with E-state index in [4.69, 9.17) is 10.5 Å². The maximum atomic E-state index is 11.2. The molecule has 0 aliphatic heterocycles. The predicted octanol–water partition coefficient (Wildman–Crippen LogP) is 3.91. The lowest BCUT2D eigenvalue weighted by Gasteiger charge is -2.12. The van der Waals surface area contributed by atoms with Crippen LogP contribution in [0, 0.1) is 6.92 Å². The van der Waals surface area contributed by atoms with Gasteiger partial charge in [0.15, 0.2) is 0 Å². The van der Waals surface area contributed by atoms with E-state index < -0.39 is 0 Å². The summed E-state index contributed by atoms with van der Waals surface area (Å²) < 4.78 is 10.6. The van der Waals surface area contributed by atoms with Gasteiger partial charge in [-0.15, -0.1) is 0 Å². The van der Waals surface area contributed by atoms with E-state index in [9.17, 15) is 4.79 Å². The Morgan fingerprint density at radius 2 is 1.91 bits per heavy atom. The summed E-state index contributed by atoms with van der Waals surface area (Å²) in [5, 5.41) is 0. The molecule has 2 aromatic carbocycles. The summed E-state index contributed by atoms with van der Waals surface area (Å²) in [7, 11) is 1.41. The zero-order valence-corrected chi connectivity index (χ0v) is 13.8. The lowest BCUT2D eigenvalue weighted by Crippen LogP contribution is -2.04. The van der Waals surface area contributed by atoms with Gasteiger partial charge in [-0.1, -0.05) is 18.2 Å². The fourth-order valence-electron chi connectivity index (χ4n) is 2.35. The monoisotopic (exact) mass is 313 g/mol. The molecule has 122 valence electrons. The minimum Gasteiger partial charge on any atom is -0.469 e. The number of rotatable bonds is 6. The Kier molecular flexibility index (Phi) is 5.77. The quantitative estimate of drug-likeness (QED) is 0.821. The van der Waals surface area contributed by atoms with Crippen LogP contribution < -0.4 is 10.5 Å². The highest BCUT2D eigenvalue weighted by atomic mass is 16.5. The number of carbonyl (C=O) groups excluding carboxylic acids is 1. The van der Waals surface area contributed by atoms with Crippen LogP contribution >= 0.6 is 0 Å². The van der Waals surface area contributed by atoms with Gasteiger partial charge in [-0.3, -0.25) is 4.79 Å². The second-order valence-electron chi connectivity index (χ2n) is 5.63. The molecule has 2 N–H and O–H groups in total. The second kappa shape index (κ2) is 7.79. The van der Waals surface area contributed by atoms with Crippen LogP contribution in [0.15, 0.2) is 42.5 Å².